The van der Waals surface area contributed by atoms with E-state index in [1.165, 1.54) is 37.1 Å². The Labute approximate surface area is 104 Å². The molecule has 3 rings (SSSR count). The van der Waals surface area contributed by atoms with Crippen molar-refractivity contribution in [1.82, 2.24) is 15.0 Å². The SMILES string of the molecule is CC[C@@H]1C2CCc3nnn(C(C)C)c3CCC21. The summed E-state index contributed by atoms with van der Waals surface area (Å²) in [6.07, 6.45) is 6.41. The molecule has 3 heteroatoms. The summed E-state index contributed by atoms with van der Waals surface area (Å²) in [5, 5.41) is 8.72. The zero-order valence-electron chi connectivity index (χ0n) is 11.2. The molecule has 3 nitrogen and oxygen atoms in total. The van der Waals surface area contributed by atoms with E-state index in [9.17, 15) is 0 Å². The maximum atomic E-state index is 4.40. The summed E-state index contributed by atoms with van der Waals surface area (Å²) < 4.78 is 2.14. The Morgan fingerprint density at radius 2 is 1.94 bits per heavy atom. The largest absolute Gasteiger partial charge is 0.247 e. The summed E-state index contributed by atoms with van der Waals surface area (Å²) in [6, 6.07) is 0.447. The second-order valence-electron chi connectivity index (χ2n) is 6.00. The Balaban J connectivity index is 1.81. The van der Waals surface area contributed by atoms with Crippen LogP contribution in [0.4, 0.5) is 0 Å². The zero-order chi connectivity index (χ0) is 12.0. The van der Waals surface area contributed by atoms with Crippen molar-refractivity contribution in [2.75, 3.05) is 0 Å². The lowest BCUT2D eigenvalue weighted by molar-refractivity contribution is 0.481. The summed E-state index contributed by atoms with van der Waals surface area (Å²) in [6.45, 7) is 6.74. The van der Waals surface area contributed by atoms with Crippen LogP contribution in [0.25, 0.3) is 0 Å². The van der Waals surface area contributed by atoms with Crippen LogP contribution in [0.5, 0.6) is 0 Å². The summed E-state index contributed by atoms with van der Waals surface area (Å²) in [7, 11) is 0. The average molecular weight is 233 g/mol. The monoisotopic (exact) mass is 233 g/mol. The van der Waals surface area contributed by atoms with Gasteiger partial charge in [0, 0.05) is 6.04 Å². The second kappa shape index (κ2) is 4.11. The van der Waals surface area contributed by atoms with E-state index in [0.717, 1.165) is 24.2 Å². The van der Waals surface area contributed by atoms with Crippen LogP contribution in [0, 0.1) is 17.8 Å². The third-order valence-corrected chi connectivity index (χ3v) is 4.77. The molecule has 94 valence electrons. The molecule has 2 aliphatic carbocycles. The predicted molar refractivity (Wildman–Crippen MR) is 67.8 cm³/mol. The van der Waals surface area contributed by atoms with Gasteiger partial charge in [0.05, 0.1) is 11.4 Å². The molecule has 0 amide bonds. The number of nitrogens with zero attached hydrogens (tertiary/aromatic N) is 3. The van der Waals surface area contributed by atoms with Gasteiger partial charge < -0.3 is 0 Å². The highest BCUT2D eigenvalue weighted by Gasteiger charge is 2.48. The summed E-state index contributed by atoms with van der Waals surface area (Å²) in [5.41, 5.74) is 2.69. The van der Waals surface area contributed by atoms with Crippen molar-refractivity contribution >= 4 is 0 Å². The number of aryl methyl sites for hydroxylation is 1. The fourth-order valence-electron chi connectivity index (χ4n) is 3.81. The molecule has 0 bridgehead atoms. The fourth-order valence-corrected chi connectivity index (χ4v) is 3.81. The van der Waals surface area contributed by atoms with Gasteiger partial charge in [-0.1, -0.05) is 18.6 Å². The van der Waals surface area contributed by atoms with Crippen LogP contribution < -0.4 is 0 Å². The van der Waals surface area contributed by atoms with E-state index < -0.39 is 0 Å². The van der Waals surface area contributed by atoms with Crippen molar-refractivity contribution in [2.24, 2.45) is 17.8 Å². The maximum absolute atomic E-state index is 4.40. The molecule has 0 spiro atoms. The highest BCUT2D eigenvalue weighted by atomic mass is 15.4. The number of hydrogen-bond donors (Lipinski definition) is 0. The second-order valence-corrected chi connectivity index (χ2v) is 6.00. The van der Waals surface area contributed by atoms with Crippen molar-refractivity contribution in [3.8, 4) is 0 Å². The molecular weight excluding hydrogens is 210 g/mol. The van der Waals surface area contributed by atoms with Gasteiger partial charge in [0.25, 0.3) is 0 Å². The Kier molecular flexibility index (Phi) is 2.72. The lowest BCUT2D eigenvalue weighted by atomic mass is 10.0. The predicted octanol–water partition coefficient (Wildman–Crippen LogP) is 3.01. The van der Waals surface area contributed by atoms with Gasteiger partial charge in [-0.05, 0) is 57.3 Å². The Morgan fingerprint density at radius 1 is 1.24 bits per heavy atom. The normalized spacial score (nSPS) is 31.6. The quantitative estimate of drug-likeness (QED) is 0.786. The van der Waals surface area contributed by atoms with Gasteiger partial charge in [-0.2, -0.15) is 0 Å². The minimum atomic E-state index is 0.447. The molecular formula is C14H23N3. The molecule has 2 aliphatic rings. The van der Waals surface area contributed by atoms with E-state index in [0.29, 0.717) is 6.04 Å². The van der Waals surface area contributed by atoms with Crippen LogP contribution >= 0.6 is 0 Å². The first-order valence-electron chi connectivity index (χ1n) is 7.15. The van der Waals surface area contributed by atoms with Crippen molar-refractivity contribution in [2.45, 2.75) is 58.9 Å². The molecule has 3 atom stereocenters. The summed E-state index contributed by atoms with van der Waals surface area (Å²) in [5.74, 6) is 3.01. The first-order chi connectivity index (χ1) is 8.22. The number of rotatable bonds is 2. The van der Waals surface area contributed by atoms with Gasteiger partial charge in [0.2, 0.25) is 0 Å². The molecule has 1 saturated carbocycles. The lowest BCUT2D eigenvalue weighted by Gasteiger charge is -2.12. The molecule has 2 unspecified atom stereocenters. The van der Waals surface area contributed by atoms with Gasteiger partial charge in [0.15, 0.2) is 0 Å². The van der Waals surface area contributed by atoms with Crippen LogP contribution in [0.2, 0.25) is 0 Å². The van der Waals surface area contributed by atoms with Gasteiger partial charge in [-0.25, -0.2) is 4.68 Å². The van der Waals surface area contributed by atoms with Gasteiger partial charge in [0.1, 0.15) is 0 Å². The van der Waals surface area contributed by atoms with Crippen LogP contribution in [0.3, 0.4) is 0 Å². The molecule has 1 fully saturated rings. The average Bonchev–Trinajstić information content (AvgIpc) is 2.78. The molecule has 1 aromatic heterocycles. The maximum Gasteiger partial charge on any atom is 0.0859 e. The molecule has 0 radical (unpaired) electrons. The molecule has 17 heavy (non-hydrogen) atoms. The molecule has 0 saturated heterocycles. The Bertz CT molecular complexity index is 408. The third kappa shape index (κ3) is 1.80. The molecule has 0 aliphatic heterocycles. The van der Waals surface area contributed by atoms with Crippen molar-refractivity contribution in [3.63, 3.8) is 0 Å². The number of fused-ring (bicyclic) bond motifs is 2. The van der Waals surface area contributed by atoms with E-state index in [4.69, 9.17) is 0 Å². The Morgan fingerprint density at radius 3 is 2.59 bits per heavy atom. The highest BCUT2D eigenvalue weighted by molar-refractivity contribution is 5.15. The van der Waals surface area contributed by atoms with Crippen LogP contribution in [0.1, 0.15) is 57.5 Å². The topological polar surface area (TPSA) is 30.7 Å². The van der Waals surface area contributed by atoms with Crippen molar-refractivity contribution in [1.29, 1.82) is 0 Å². The lowest BCUT2D eigenvalue weighted by Crippen LogP contribution is -2.10. The van der Waals surface area contributed by atoms with E-state index in [1.54, 1.807) is 0 Å². The van der Waals surface area contributed by atoms with E-state index in [-0.39, 0.29) is 0 Å². The standard InChI is InChI=1S/C14H23N3/c1-4-10-11-5-7-13-14(8-6-12(10)11)17(9(2)3)16-15-13/h9-12H,4-8H2,1-3H3/t10-,11?,12?/m1/s1. The minimum Gasteiger partial charge on any atom is -0.247 e. The third-order valence-electron chi connectivity index (χ3n) is 4.77. The van der Waals surface area contributed by atoms with Crippen LogP contribution in [-0.2, 0) is 12.8 Å². The van der Waals surface area contributed by atoms with Crippen molar-refractivity contribution < 1.29 is 0 Å². The van der Waals surface area contributed by atoms with Gasteiger partial charge in [-0.3, -0.25) is 0 Å². The molecule has 1 aromatic rings. The molecule has 0 N–H and O–H groups in total. The molecule has 1 heterocycles. The summed E-state index contributed by atoms with van der Waals surface area (Å²) >= 11 is 0. The van der Waals surface area contributed by atoms with E-state index in [2.05, 4.69) is 35.8 Å². The van der Waals surface area contributed by atoms with E-state index >= 15 is 0 Å². The highest BCUT2D eigenvalue weighted by Crippen LogP contribution is 2.54. The minimum absolute atomic E-state index is 0.447. The summed E-state index contributed by atoms with van der Waals surface area (Å²) in [4.78, 5) is 0. The number of aromatic nitrogens is 3. The zero-order valence-corrected chi connectivity index (χ0v) is 11.2. The Hall–Kier alpha value is -0.860. The number of hydrogen-bond acceptors (Lipinski definition) is 2. The first kappa shape index (κ1) is 11.2. The first-order valence-corrected chi connectivity index (χ1v) is 7.15. The molecule has 0 aromatic carbocycles. The van der Waals surface area contributed by atoms with E-state index in [1.807, 2.05) is 0 Å². The van der Waals surface area contributed by atoms with Crippen molar-refractivity contribution in [3.05, 3.63) is 11.4 Å². The van der Waals surface area contributed by atoms with Crippen LogP contribution in [-0.4, -0.2) is 15.0 Å². The fraction of sp³-hybridized carbons (Fsp3) is 0.857. The smallest absolute Gasteiger partial charge is 0.0859 e. The van der Waals surface area contributed by atoms with Crippen LogP contribution in [0.15, 0.2) is 0 Å². The van der Waals surface area contributed by atoms with Gasteiger partial charge in [-0.15, -0.1) is 5.10 Å². The van der Waals surface area contributed by atoms with Gasteiger partial charge >= 0.3 is 0 Å².